The zero-order valence-corrected chi connectivity index (χ0v) is 26.2. The van der Waals surface area contributed by atoms with Crippen LogP contribution in [0.1, 0.15) is 25.8 Å². The highest BCUT2D eigenvalue weighted by atomic mass is 35.5. The van der Waals surface area contributed by atoms with E-state index in [-0.39, 0.29) is 40.1 Å². The van der Waals surface area contributed by atoms with E-state index in [0.29, 0.717) is 17.9 Å². The molecule has 0 aromatic heterocycles. The molecule has 3 rings (SSSR count). The van der Waals surface area contributed by atoms with Crippen LogP contribution >= 0.6 is 11.6 Å². The Morgan fingerprint density at radius 1 is 0.907 bits per heavy atom. The van der Waals surface area contributed by atoms with Gasteiger partial charge in [0.25, 0.3) is 10.0 Å². The first-order valence-corrected chi connectivity index (χ1v) is 15.2. The van der Waals surface area contributed by atoms with E-state index in [0.717, 1.165) is 4.31 Å². The summed E-state index contributed by atoms with van der Waals surface area (Å²) >= 11 is 6.28. The van der Waals surface area contributed by atoms with Crippen molar-refractivity contribution in [3.8, 4) is 17.2 Å². The van der Waals surface area contributed by atoms with E-state index in [2.05, 4.69) is 5.32 Å². The van der Waals surface area contributed by atoms with Crippen LogP contribution in [0, 0.1) is 5.82 Å². The summed E-state index contributed by atoms with van der Waals surface area (Å²) in [5.74, 6) is -0.945. The van der Waals surface area contributed by atoms with Crippen LogP contribution in [0.3, 0.4) is 0 Å². The molecule has 0 radical (unpaired) electrons. The number of rotatable bonds is 14. The second-order valence-electron chi connectivity index (χ2n) is 9.31. The van der Waals surface area contributed by atoms with Gasteiger partial charge in [-0.15, -0.1) is 0 Å². The topological polar surface area (TPSA) is 114 Å². The molecular weight excluding hydrogens is 601 g/mol. The summed E-state index contributed by atoms with van der Waals surface area (Å²) in [4.78, 5) is 28.3. The van der Waals surface area contributed by atoms with Crippen LogP contribution in [-0.2, 0) is 26.2 Å². The fourth-order valence-corrected chi connectivity index (χ4v) is 6.07. The second-order valence-corrected chi connectivity index (χ2v) is 11.6. The molecule has 0 bridgehead atoms. The standard InChI is InChI=1S/C30H35ClFN3O7S/c1-6-24(30(37)33-7-2)34(18-20-8-11-22(32)12-9-20)29(36)19-35(25-16-21(31)10-14-26(25)40-3)43(38,39)23-13-15-27(41-4)28(17-23)42-5/h8-17,24H,6-7,18-19H2,1-5H3,(H,33,37). The number of nitrogens with zero attached hydrogens (tertiary/aromatic N) is 2. The number of carbonyl (C=O) groups is 2. The van der Waals surface area contributed by atoms with Gasteiger partial charge in [-0.25, -0.2) is 12.8 Å². The van der Waals surface area contributed by atoms with Crippen LogP contribution in [0.5, 0.6) is 17.2 Å². The van der Waals surface area contributed by atoms with E-state index in [1.54, 1.807) is 13.8 Å². The normalized spacial score (nSPS) is 11.8. The smallest absolute Gasteiger partial charge is 0.265 e. The Kier molecular flexibility index (Phi) is 11.6. The molecule has 2 amide bonds. The molecule has 0 aliphatic heterocycles. The van der Waals surface area contributed by atoms with Gasteiger partial charge in [-0.3, -0.25) is 13.9 Å². The number of carbonyl (C=O) groups excluding carboxylic acids is 2. The van der Waals surface area contributed by atoms with Crippen molar-refractivity contribution in [2.24, 2.45) is 0 Å². The van der Waals surface area contributed by atoms with E-state index >= 15 is 0 Å². The van der Waals surface area contributed by atoms with Gasteiger partial charge < -0.3 is 24.4 Å². The molecule has 0 spiro atoms. The van der Waals surface area contributed by atoms with Crippen LogP contribution in [0.25, 0.3) is 0 Å². The summed E-state index contributed by atoms with van der Waals surface area (Å²) in [6.45, 7) is 3.02. The van der Waals surface area contributed by atoms with Gasteiger partial charge in [-0.05, 0) is 61.4 Å². The van der Waals surface area contributed by atoms with Crippen molar-refractivity contribution in [1.29, 1.82) is 0 Å². The number of amides is 2. The fourth-order valence-electron chi connectivity index (χ4n) is 4.47. The predicted octanol–water partition coefficient (Wildman–Crippen LogP) is 4.64. The van der Waals surface area contributed by atoms with Gasteiger partial charge in [0, 0.05) is 24.2 Å². The Morgan fingerprint density at radius 3 is 2.12 bits per heavy atom. The minimum atomic E-state index is -4.47. The summed E-state index contributed by atoms with van der Waals surface area (Å²) in [6, 6.07) is 13.0. The van der Waals surface area contributed by atoms with Gasteiger partial charge in [0.2, 0.25) is 11.8 Å². The van der Waals surface area contributed by atoms with E-state index in [9.17, 15) is 22.4 Å². The number of sulfonamides is 1. The van der Waals surface area contributed by atoms with Crippen LogP contribution in [0.4, 0.5) is 10.1 Å². The third kappa shape index (κ3) is 7.88. The molecule has 0 fully saturated rings. The highest BCUT2D eigenvalue weighted by Crippen LogP contribution is 2.37. The van der Waals surface area contributed by atoms with Crippen molar-refractivity contribution in [3.05, 3.63) is 77.1 Å². The highest BCUT2D eigenvalue weighted by Gasteiger charge is 2.35. The molecule has 43 heavy (non-hydrogen) atoms. The molecule has 3 aromatic rings. The number of hydrogen-bond acceptors (Lipinski definition) is 7. The molecule has 1 atom stereocenters. The first-order chi connectivity index (χ1) is 20.5. The van der Waals surface area contributed by atoms with Crippen LogP contribution in [0.2, 0.25) is 5.02 Å². The van der Waals surface area contributed by atoms with Crippen molar-refractivity contribution in [2.45, 2.75) is 37.8 Å². The molecule has 10 nitrogen and oxygen atoms in total. The summed E-state index contributed by atoms with van der Waals surface area (Å²) < 4.78 is 59.0. The molecule has 3 aromatic carbocycles. The van der Waals surface area contributed by atoms with Crippen molar-refractivity contribution in [1.82, 2.24) is 10.2 Å². The van der Waals surface area contributed by atoms with Gasteiger partial charge in [-0.1, -0.05) is 30.7 Å². The van der Waals surface area contributed by atoms with Gasteiger partial charge in [-0.2, -0.15) is 0 Å². The average molecular weight is 636 g/mol. The van der Waals surface area contributed by atoms with Gasteiger partial charge >= 0.3 is 0 Å². The van der Waals surface area contributed by atoms with Gasteiger partial charge in [0.05, 0.1) is 31.9 Å². The lowest BCUT2D eigenvalue weighted by Crippen LogP contribution is -2.52. The van der Waals surface area contributed by atoms with E-state index in [4.69, 9.17) is 25.8 Å². The molecule has 0 saturated carbocycles. The summed E-state index contributed by atoms with van der Waals surface area (Å²) in [5, 5.41) is 2.93. The fraction of sp³-hybridized carbons (Fsp3) is 0.333. The number of likely N-dealkylation sites (N-methyl/N-ethyl adjacent to an activating group) is 1. The minimum absolute atomic E-state index is 0.00549. The number of hydrogen-bond donors (Lipinski definition) is 1. The highest BCUT2D eigenvalue weighted by molar-refractivity contribution is 7.92. The van der Waals surface area contributed by atoms with Gasteiger partial charge in [0.1, 0.15) is 24.2 Å². The lowest BCUT2D eigenvalue weighted by atomic mass is 10.1. The molecular formula is C30H35ClFN3O7S. The van der Waals surface area contributed by atoms with E-state index < -0.39 is 40.2 Å². The molecule has 1 unspecified atom stereocenters. The molecule has 232 valence electrons. The number of anilines is 1. The SMILES string of the molecule is CCNC(=O)C(CC)N(Cc1ccc(F)cc1)C(=O)CN(c1cc(Cl)ccc1OC)S(=O)(=O)c1ccc(OC)c(OC)c1. The van der Waals surface area contributed by atoms with E-state index in [1.165, 1.54) is 86.9 Å². The van der Waals surface area contributed by atoms with Crippen LogP contribution < -0.4 is 23.8 Å². The second kappa shape index (κ2) is 14.9. The average Bonchev–Trinajstić information content (AvgIpc) is 3.00. The first-order valence-electron chi connectivity index (χ1n) is 13.4. The van der Waals surface area contributed by atoms with Crippen molar-refractivity contribution < 1.29 is 36.6 Å². The molecule has 0 aliphatic rings. The Labute approximate surface area is 256 Å². The monoisotopic (exact) mass is 635 g/mol. The van der Waals surface area contributed by atoms with Crippen molar-refractivity contribution >= 4 is 39.1 Å². The lowest BCUT2D eigenvalue weighted by Gasteiger charge is -2.33. The third-order valence-electron chi connectivity index (χ3n) is 6.63. The molecule has 0 heterocycles. The molecule has 1 N–H and O–H groups in total. The van der Waals surface area contributed by atoms with Crippen LogP contribution in [0.15, 0.2) is 65.6 Å². The van der Waals surface area contributed by atoms with Crippen LogP contribution in [-0.4, -0.2) is 65.6 Å². The maximum atomic E-state index is 14.2. The number of nitrogens with one attached hydrogen (secondary N) is 1. The Balaban J connectivity index is 2.17. The Bertz CT molecular complexity index is 1540. The number of benzene rings is 3. The Hall–Kier alpha value is -4.03. The van der Waals surface area contributed by atoms with Crippen molar-refractivity contribution in [2.75, 3.05) is 38.7 Å². The quantitative estimate of drug-likeness (QED) is 0.274. The minimum Gasteiger partial charge on any atom is -0.495 e. The molecule has 13 heteroatoms. The first kappa shape index (κ1) is 33.5. The number of methoxy groups -OCH3 is 3. The third-order valence-corrected chi connectivity index (χ3v) is 8.63. The van der Waals surface area contributed by atoms with Crippen molar-refractivity contribution in [3.63, 3.8) is 0 Å². The maximum absolute atomic E-state index is 14.2. The Morgan fingerprint density at radius 2 is 1.53 bits per heavy atom. The van der Waals surface area contributed by atoms with Gasteiger partial charge in [0.15, 0.2) is 11.5 Å². The zero-order chi connectivity index (χ0) is 31.7. The maximum Gasteiger partial charge on any atom is 0.265 e. The summed E-state index contributed by atoms with van der Waals surface area (Å²) in [6.07, 6.45) is 0.238. The molecule has 0 saturated heterocycles. The summed E-state index contributed by atoms with van der Waals surface area (Å²) in [7, 11) is -0.320. The number of ether oxygens (including phenoxy) is 3. The predicted molar refractivity (Wildman–Crippen MR) is 162 cm³/mol. The van der Waals surface area contributed by atoms with E-state index in [1.807, 2.05) is 0 Å². The lowest BCUT2D eigenvalue weighted by molar-refractivity contribution is -0.140. The molecule has 0 aliphatic carbocycles. The number of halogens is 2. The largest absolute Gasteiger partial charge is 0.495 e. The summed E-state index contributed by atoms with van der Waals surface area (Å²) in [5.41, 5.74) is 0.554. The zero-order valence-electron chi connectivity index (χ0n) is 24.6.